The van der Waals surface area contributed by atoms with Crippen molar-refractivity contribution in [2.75, 3.05) is 6.61 Å². The summed E-state index contributed by atoms with van der Waals surface area (Å²) in [6, 6.07) is 7.23. The highest BCUT2D eigenvalue weighted by atomic mass is 16.5. The maximum atomic E-state index is 11.1. The normalized spacial score (nSPS) is 10.4. The Morgan fingerprint density at radius 1 is 0.955 bits per heavy atom. The number of hydrogen-bond acceptors (Lipinski definition) is 3. The van der Waals surface area contributed by atoms with Crippen LogP contribution in [0.2, 0.25) is 0 Å². The van der Waals surface area contributed by atoms with Crippen molar-refractivity contribution in [3.63, 3.8) is 0 Å². The molecule has 1 aromatic rings. The zero-order valence-corrected chi connectivity index (χ0v) is 13.3. The molecule has 1 rings (SSSR count). The van der Waals surface area contributed by atoms with Gasteiger partial charge in [-0.1, -0.05) is 50.3 Å². The molecule has 0 aliphatic carbocycles. The van der Waals surface area contributed by atoms with Gasteiger partial charge in [0.2, 0.25) is 0 Å². The highest BCUT2D eigenvalue weighted by Gasteiger charge is 2.07. The number of aromatic carboxylic acids is 1. The van der Waals surface area contributed by atoms with E-state index in [2.05, 4.69) is 0 Å². The van der Waals surface area contributed by atoms with E-state index in [9.17, 15) is 9.59 Å². The molecule has 0 amide bonds. The summed E-state index contributed by atoms with van der Waals surface area (Å²) in [6.45, 7) is 1.96. The smallest absolute Gasteiger partial charge is 0.335 e. The number of carbonyl (C=O) groups excluding carboxylic acids is 1. The largest absolute Gasteiger partial charge is 0.478 e. The monoisotopic (exact) mass is 306 g/mol. The molecule has 0 aliphatic heterocycles. The second kappa shape index (κ2) is 10.8. The van der Waals surface area contributed by atoms with Crippen molar-refractivity contribution in [3.05, 3.63) is 35.4 Å². The lowest BCUT2D eigenvalue weighted by Crippen LogP contribution is -2.02. The Hall–Kier alpha value is -1.84. The summed E-state index contributed by atoms with van der Waals surface area (Å²) in [4.78, 5) is 21.7. The maximum absolute atomic E-state index is 11.1. The minimum Gasteiger partial charge on any atom is -0.478 e. The van der Waals surface area contributed by atoms with Gasteiger partial charge in [0.1, 0.15) is 0 Å². The van der Waals surface area contributed by atoms with Crippen molar-refractivity contribution in [2.24, 2.45) is 0 Å². The summed E-state index contributed by atoms with van der Waals surface area (Å²) < 4.78 is 4.88. The van der Waals surface area contributed by atoms with Crippen molar-refractivity contribution >= 4 is 11.9 Å². The van der Waals surface area contributed by atoms with Crippen LogP contribution in [0.25, 0.3) is 0 Å². The molecule has 0 atom stereocenters. The molecule has 122 valence electrons. The van der Waals surface area contributed by atoms with Crippen LogP contribution < -0.4 is 0 Å². The lowest BCUT2D eigenvalue weighted by molar-refractivity contribution is -0.141. The van der Waals surface area contributed by atoms with Crippen molar-refractivity contribution in [1.29, 1.82) is 0 Å². The molecule has 0 aromatic heterocycles. The van der Waals surface area contributed by atoms with Gasteiger partial charge in [0, 0.05) is 6.92 Å². The number of carboxylic acids is 1. The van der Waals surface area contributed by atoms with E-state index >= 15 is 0 Å². The third-order valence-electron chi connectivity index (χ3n) is 3.64. The number of rotatable bonds is 11. The second-order valence-electron chi connectivity index (χ2n) is 5.53. The quantitative estimate of drug-likeness (QED) is 0.491. The van der Waals surface area contributed by atoms with Crippen LogP contribution in [0.4, 0.5) is 0 Å². The van der Waals surface area contributed by atoms with E-state index in [1.165, 1.54) is 19.8 Å². The molecule has 0 radical (unpaired) electrons. The molecule has 0 heterocycles. The van der Waals surface area contributed by atoms with Crippen LogP contribution in [0.1, 0.15) is 67.8 Å². The molecule has 1 aromatic carbocycles. The Labute approximate surface area is 132 Å². The van der Waals surface area contributed by atoms with Gasteiger partial charge < -0.3 is 9.84 Å². The topological polar surface area (TPSA) is 63.6 Å². The zero-order valence-electron chi connectivity index (χ0n) is 13.3. The summed E-state index contributed by atoms with van der Waals surface area (Å²) in [7, 11) is 0. The maximum Gasteiger partial charge on any atom is 0.335 e. The number of esters is 1. The van der Waals surface area contributed by atoms with Crippen molar-refractivity contribution in [1.82, 2.24) is 0 Å². The van der Waals surface area contributed by atoms with E-state index in [-0.39, 0.29) is 5.97 Å². The van der Waals surface area contributed by atoms with Gasteiger partial charge >= 0.3 is 11.9 Å². The lowest BCUT2D eigenvalue weighted by Gasteiger charge is -2.06. The zero-order chi connectivity index (χ0) is 16.2. The third-order valence-corrected chi connectivity index (χ3v) is 3.64. The molecule has 0 bridgehead atoms. The highest BCUT2D eigenvalue weighted by Crippen LogP contribution is 2.14. The van der Waals surface area contributed by atoms with Crippen LogP contribution in [0.5, 0.6) is 0 Å². The fraction of sp³-hybridized carbons (Fsp3) is 0.556. The van der Waals surface area contributed by atoms with Crippen LogP contribution in [0, 0.1) is 0 Å². The first-order chi connectivity index (χ1) is 10.6. The van der Waals surface area contributed by atoms with Gasteiger partial charge in [-0.25, -0.2) is 4.79 Å². The number of carboxylic acid groups (broad SMARTS) is 1. The Bertz CT molecular complexity index is 468. The summed E-state index contributed by atoms with van der Waals surface area (Å²) >= 11 is 0. The minimum absolute atomic E-state index is 0.207. The van der Waals surface area contributed by atoms with E-state index in [0.717, 1.165) is 44.1 Å². The highest BCUT2D eigenvalue weighted by molar-refractivity contribution is 5.89. The van der Waals surface area contributed by atoms with Gasteiger partial charge in [-0.2, -0.15) is 0 Å². The van der Waals surface area contributed by atoms with E-state index in [1.54, 1.807) is 12.1 Å². The number of hydrogen-bond donors (Lipinski definition) is 1. The number of carbonyl (C=O) groups is 2. The molecule has 4 heteroatoms. The number of ether oxygens (including phenoxy) is 1. The molecular formula is C18H26O4. The number of benzene rings is 1. The summed E-state index contributed by atoms with van der Waals surface area (Å²) in [5, 5.41) is 9.11. The Morgan fingerprint density at radius 3 is 2.18 bits per heavy atom. The molecule has 0 saturated carbocycles. The summed E-state index contributed by atoms with van der Waals surface area (Å²) in [5.41, 5.74) is 1.35. The summed E-state index contributed by atoms with van der Waals surface area (Å²) in [5.74, 6) is -1.05. The second-order valence-corrected chi connectivity index (χ2v) is 5.53. The lowest BCUT2D eigenvalue weighted by atomic mass is 10.0. The van der Waals surface area contributed by atoms with Crippen molar-refractivity contribution in [2.45, 2.75) is 58.3 Å². The van der Waals surface area contributed by atoms with Crippen LogP contribution in [-0.4, -0.2) is 23.7 Å². The van der Waals surface area contributed by atoms with Crippen LogP contribution >= 0.6 is 0 Å². The molecule has 0 spiro atoms. The average molecular weight is 306 g/mol. The van der Waals surface area contributed by atoms with Crippen molar-refractivity contribution in [3.8, 4) is 0 Å². The van der Waals surface area contributed by atoms with Gasteiger partial charge in [-0.15, -0.1) is 0 Å². The van der Waals surface area contributed by atoms with Gasteiger partial charge in [0.05, 0.1) is 12.2 Å². The number of aryl methyl sites for hydroxylation is 1. The molecule has 0 unspecified atom stereocenters. The SMILES string of the molecule is CC(=O)OCCCCCCCCCc1ccccc1C(=O)O. The predicted molar refractivity (Wildman–Crippen MR) is 86.1 cm³/mol. The molecule has 22 heavy (non-hydrogen) atoms. The van der Waals surface area contributed by atoms with Gasteiger partial charge in [-0.05, 0) is 30.9 Å². The van der Waals surface area contributed by atoms with Gasteiger partial charge in [0.25, 0.3) is 0 Å². The minimum atomic E-state index is -0.844. The van der Waals surface area contributed by atoms with E-state index < -0.39 is 5.97 Å². The first-order valence-corrected chi connectivity index (χ1v) is 8.06. The molecule has 0 saturated heterocycles. The molecule has 4 nitrogen and oxygen atoms in total. The van der Waals surface area contributed by atoms with Crippen molar-refractivity contribution < 1.29 is 19.4 Å². The average Bonchev–Trinajstić information content (AvgIpc) is 2.49. The first kappa shape index (κ1) is 18.2. The molecule has 0 fully saturated rings. The van der Waals surface area contributed by atoms with Crippen LogP contribution in [0.3, 0.4) is 0 Å². The first-order valence-electron chi connectivity index (χ1n) is 8.06. The van der Waals surface area contributed by atoms with E-state index in [4.69, 9.17) is 9.84 Å². The van der Waals surface area contributed by atoms with Gasteiger partial charge in [-0.3, -0.25) is 4.79 Å². The summed E-state index contributed by atoms with van der Waals surface area (Å²) in [6.07, 6.45) is 8.52. The molecular weight excluding hydrogens is 280 g/mol. The third kappa shape index (κ3) is 7.81. The fourth-order valence-corrected chi connectivity index (χ4v) is 2.46. The van der Waals surface area contributed by atoms with Gasteiger partial charge in [0.15, 0.2) is 0 Å². The Kier molecular flexibility index (Phi) is 8.96. The van der Waals surface area contributed by atoms with Crippen LogP contribution in [-0.2, 0) is 16.0 Å². The Balaban J connectivity index is 2.04. The number of unbranched alkanes of at least 4 members (excludes halogenated alkanes) is 6. The molecule has 1 N–H and O–H groups in total. The predicted octanol–water partition coefficient (Wildman–Crippen LogP) is 4.22. The van der Waals surface area contributed by atoms with E-state index in [1.807, 2.05) is 12.1 Å². The standard InChI is InChI=1S/C18H26O4/c1-15(19)22-14-10-6-4-2-3-5-7-11-16-12-8-9-13-17(16)18(20)21/h8-9,12-13H,2-7,10-11,14H2,1H3,(H,20,21). The molecule has 0 aliphatic rings. The van der Waals surface area contributed by atoms with Crippen LogP contribution in [0.15, 0.2) is 24.3 Å². The fourth-order valence-electron chi connectivity index (χ4n) is 2.46. The van der Waals surface area contributed by atoms with E-state index in [0.29, 0.717) is 12.2 Å². The Morgan fingerprint density at radius 2 is 1.55 bits per heavy atom.